The molecule has 0 saturated heterocycles. The second-order valence-electron chi connectivity index (χ2n) is 6.09. The number of furan rings is 1. The van der Waals surface area contributed by atoms with E-state index < -0.39 is 0 Å². The van der Waals surface area contributed by atoms with Crippen LogP contribution in [0.1, 0.15) is 23.0 Å². The minimum absolute atomic E-state index is 0.0258. The largest absolute Gasteiger partial charge is 0.465 e. The third kappa shape index (κ3) is 3.63. The Kier molecular flexibility index (Phi) is 4.87. The van der Waals surface area contributed by atoms with Crippen molar-refractivity contribution in [3.63, 3.8) is 0 Å². The van der Waals surface area contributed by atoms with Gasteiger partial charge in [0.2, 0.25) is 0 Å². The Bertz CT molecular complexity index is 1130. The zero-order chi connectivity index (χ0) is 19.5. The Morgan fingerprint density at radius 3 is 2.50 bits per heavy atom. The summed E-state index contributed by atoms with van der Waals surface area (Å²) in [6.45, 7) is 1.51. The van der Waals surface area contributed by atoms with Crippen molar-refractivity contribution < 1.29 is 14.0 Å². The number of anilines is 2. The topological polar surface area (TPSA) is 63.4 Å². The Morgan fingerprint density at radius 1 is 1.04 bits per heavy atom. The normalized spacial score (nSPS) is 11.2. The predicted molar refractivity (Wildman–Crippen MR) is 111 cm³/mol. The summed E-state index contributed by atoms with van der Waals surface area (Å²) in [5.74, 6) is 0.303. The molecule has 0 N–H and O–H groups in total. The molecule has 0 aliphatic rings. The highest BCUT2D eigenvalue weighted by Gasteiger charge is 2.20. The van der Waals surface area contributed by atoms with Crippen LogP contribution in [0.3, 0.4) is 0 Å². The van der Waals surface area contributed by atoms with Crippen LogP contribution >= 0.6 is 11.3 Å². The van der Waals surface area contributed by atoms with E-state index in [-0.39, 0.29) is 11.7 Å². The summed E-state index contributed by atoms with van der Waals surface area (Å²) in [7, 11) is 0. The van der Waals surface area contributed by atoms with E-state index in [0.717, 1.165) is 10.2 Å². The van der Waals surface area contributed by atoms with Gasteiger partial charge in [0, 0.05) is 11.6 Å². The molecular formula is C22H16N2O3S. The molecule has 0 aliphatic heterocycles. The fourth-order valence-electron chi connectivity index (χ4n) is 2.75. The van der Waals surface area contributed by atoms with Crippen LogP contribution in [0.15, 0.2) is 77.4 Å². The van der Waals surface area contributed by atoms with Crippen LogP contribution < -0.4 is 4.90 Å². The molecule has 0 saturated carbocycles. The number of amides is 1. The van der Waals surface area contributed by atoms with Crippen molar-refractivity contribution in [1.82, 2.24) is 4.98 Å². The summed E-state index contributed by atoms with van der Waals surface area (Å²) < 4.78 is 6.25. The van der Waals surface area contributed by atoms with Crippen LogP contribution in [0.5, 0.6) is 0 Å². The number of carbonyl (C=O) groups is 2. The van der Waals surface area contributed by atoms with E-state index in [0.29, 0.717) is 22.1 Å². The molecule has 138 valence electrons. The van der Waals surface area contributed by atoms with Crippen LogP contribution in [0.25, 0.3) is 16.3 Å². The number of Topliss-reactive ketones (excluding diaryl/α,β-unsaturated/α-hetero) is 1. The van der Waals surface area contributed by atoms with Crippen molar-refractivity contribution in [1.29, 1.82) is 0 Å². The first-order valence-corrected chi connectivity index (χ1v) is 9.46. The minimum atomic E-state index is -0.258. The monoisotopic (exact) mass is 388 g/mol. The number of nitrogens with zero attached hydrogens (tertiary/aromatic N) is 2. The van der Waals surface area contributed by atoms with Gasteiger partial charge in [0.15, 0.2) is 10.9 Å². The van der Waals surface area contributed by atoms with Crippen molar-refractivity contribution in [2.45, 2.75) is 6.92 Å². The highest BCUT2D eigenvalue weighted by molar-refractivity contribution is 7.22. The molecule has 28 heavy (non-hydrogen) atoms. The molecule has 5 nitrogen and oxygen atoms in total. The van der Waals surface area contributed by atoms with Gasteiger partial charge in [0.05, 0.1) is 22.2 Å². The first-order valence-electron chi connectivity index (χ1n) is 8.64. The Morgan fingerprint density at radius 2 is 1.82 bits per heavy atom. The Hall–Kier alpha value is -3.51. The van der Waals surface area contributed by atoms with Crippen molar-refractivity contribution >= 4 is 50.1 Å². The molecule has 0 atom stereocenters. The summed E-state index contributed by atoms with van der Waals surface area (Å²) in [5.41, 5.74) is 2.06. The summed E-state index contributed by atoms with van der Waals surface area (Å²) in [6.07, 6.45) is 4.62. The van der Waals surface area contributed by atoms with Crippen LogP contribution in [0, 0.1) is 0 Å². The molecule has 2 aromatic carbocycles. The van der Waals surface area contributed by atoms with Crippen molar-refractivity contribution in [2.75, 3.05) is 4.90 Å². The Balaban J connectivity index is 1.75. The number of para-hydroxylation sites is 1. The quantitative estimate of drug-likeness (QED) is 0.336. The van der Waals surface area contributed by atoms with Gasteiger partial charge in [-0.15, -0.1) is 0 Å². The van der Waals surface area contributed by atoms with Gasteiger partial charge in [-0.25, -0.2) is 4.98 Å². The first kappa shape index (κ1) is 17.9. The lowest BCUT2D eigenvalue weighted by Gasteiger charge is -2.18. The maximum atomic E-state index is 13.0. The highest BCUT2D eigenvalue weighted by Crippen LogP contribution is 2.34. The third-order valence-corrected chi connectivity index (χ3v) is 5.18. The van der Waals surface area contributed by atoms with Crippen LogP contribution in [-0.2, 0) is 4.79 Å². The molecule has 1 amide bonds. The molecule has 6 heteroatoms. The van der Waals surface area contributed by atoms with Gasteiger partial charge in [-0.2, -0.15) is 0 Å². The molecule has 4 aromatic rings. The molecular weight excluding hydrogens is 372 g/mol. The average Bonchev–Trinajstić information content (AvgIpc) is 3.36. The second-order valence-corrected chi connectivity index (χ2v) is 7.10. The fraction of sp³-hybridized carbons (Fsp3) is 0.0455. The van der Waals surface area contributed by atoms with E-state index in [1.807, 2.05) is 24.3 Å². The maximum Gasteiger partial charge on any atom is 0.257 e. The van der Waals surface area contributed by atoms with Crippen LogP contribution in [-0.4, -0.2) is 16.7 Å². The van der Waals surface area contributed by atoms with E-state index >= 15 is 0 Å². The van der Waals surface area contributed by atoms with Gasteiger partial charge in [0.1, 0.15) is 5.76 Å². The first-order chi connectivity index (χ1) is 13.6. The van der Waals surface area contributed by atoms with Gasteiger partial charge < -0.3 is 4.42 Å². The van der Waals surface area contributed by atoms with Crippen molar-refractivity contribution in [2.24, 2.45) is 0 Å². The lowest BCUT2D eigenvalue weighted by atomic mass is 10.1. The standard InChI is InChI=1S/C22H16N2O3S/c1-15(25)16-8-10-17(11-9-16)24(21(26)13-12-18-5-4-14-27-18)22-23-19-6-2-3-7-20(19)28-22/h2-14H,1H3/b13-12-. The van der Waals surface area contributed by atoms with Crippen LogP contribution in [0.2, 0.25) is 0 Å². The number of benzene rings is 2. The molecule has 0 radical (unpaired) electrons. The minimum Gasteiger partial charge on any atom is -0.465 e. The van der Waals surface area contributed by atoms with Gasteiger partial charge in [-0.05, 0) is 61.5 Å². The summed E-state index contributed by atoms with van der Waals surface area (Å²) in [5, 5.41) is 0.561. The number of rotatable bonds is 5. The zero-order valence-electron chi connectivity index (χ0n) is 15.0. The van der Waals surface area contributed by atoms with Crippen molar-refractivity contribution in [3.05, 3.63) is 84.3 Å². The number of thiazole rings is 1. The van der Waals surface area contributed by atoms with E-state index in [2.05, 4.69) is 4.98 Å². The molecule has 0 aliphatic carbocycles. The third-order valence-electron chi connectivity index (χ3n) is 4.16. The van der Waals surface area contributed by atoms with E-state index in [1.54, 1.807) is 48.7 Å². The zero-order valence-corrected chi connectivity index (χ0v) is 15.8. The van der Waals surface area contributed by atoms with E-state index in [1.165, 1.54) is 29.2 Å². The number of hydrogen-bond acceptors (Lipinski definition) is 5. The van der Waals surface area contributed by atoms with Crippen molar-refractivity contribution in [3.8, 4) is 0 Å². The van der Waals surface area contributed by atoms with Gasteiger partial charge in [-0.3, -0.25) is 14.5 Å². The fourth-order valence-corrected chi connectivity index (χ4v) is 3.74. The number of aromatic nitrogens is 1. The average molecular weight is 388 g/mol. The number of fused-ring (bicyclic) bond motifs is 1. The Labute approximate surface area is 165 Å². The molecule has 2 aromatic heterocycles. The summed E-state index contributed by atoms with van der Waals surface area (Å²) in [6, 6.07) is 18.2. The smallest absolute Gasteiger partial charge is 0.257 e. The van der Waals surface area contributed by atoms with E-state index in [9.17, 15) is 9.59 Å². The molecule has 2 heterocycles. The summed E-state index contributed by atoms with van der Waals surface area (Å²) in [4.78, 5) is 30.7. The molecule has 4 rings (SSSR count). The number of ketones is 1. The van der Waals surface area contributed by atoms with E-state index in [4.69, 9.17) is 4.42 Å². The van der Waals surface area contributed by atoms with Gasteiger partial charge in [0.25, 0.3) is 5.91 Å². The molecule has 0 bridgehead atoms. The highest BCUT2D eigenvalue weighted by atomic mass is 32.1. The SMILES string of the molecule is CC(=O)c1ccc(N(C(=O)/C=C\c2ccco2)c2nc3ccccc3s2)cc1. The van der Waals surface area contributed by atoms with Crippen LogP contribution in [0.4, 0.5) is 10.8 Å². The predicted octanol–water partition coefficient (Wildman–Crippen LogP) is 5.47. The van der Waals surface area contributed by atoms with Gasteiger partial charge in [-0.1, -0.05) is 23.5 Å². The van der Waals surface area contributed by atoms with Gasteiger partial charge >= 0.3 is 0 Å². The number of hydrogen-bond donors (Lipinski definition) is 0. The molecule has 0 unspecified atom stereocenters. The maximum absolute atomic E-state index is 13.0. The molecule has 0 fully saturated rings. The lowest BCUT2D eigenvalue weighted by Crippen LogP contribution is -2.23. The second kappa shape index (κ2) is 7.62. The molecule has 0 spiro atoms. The lowest BCUT2D eigenvalue weighted by molar-refractivity contribution is -0.113. The number of carbonyl (C=O) groups excluding carboxylic acids is 2. The summed E-state index contributed by atoms with van der Waals surface area (Å²) >= 11 is 1.43.